The average molecular weight is 354 g/mol. The summed E-state index contributed by atoms with van der Waals surface area (Å²) in [5, 5.41) is 4.50. The van der Waals surface area contributed by atoms with Crippen LogP contribution in [0.4, 0.5) is 0 Å². The summed E-state index contributed by atoms with van der Waals surface area (Å²) in [7, 11) is 1.94. The van der Waals surface area contributed by atoms with Crippen molar-refractivity contribution >= 4 is 5.91 Å². The van der Waals surface area contributed by atoms with Gasteiger partial charge in [-0.3, -0.25) is 14.4 Å². The van der Waals surface area contributed by atoms with Gasteiger partial charge in [-0.1, -0.05) is 43.7 Å². The Balaban J connectivity index is 1.49. The van der Waals surface area contributed by atoms with Gasteiger partial charge in [-0.15, -0.1) is 0 Å². The summed E-state index contributed by atoms with van der Waals surface area (Å²) < 4.78 is 2.00. The lowest BCUT2D eigenvalue weighted by Crippen LogP contribution is -2.42. The molecule has 1 fully saturated rings. The first-order valence-electron chi connectivity index (χ1n) is 9.72. The molecule has 2 aromatic rings. The smallest absolute Gasteiger partial charge is 0.225 e. The molecule has 140 valence electrons. The molecule has 0 radical (unpaired) electrons. The molecule has 0 bridgehead atoms. The zero-order valence-electron chi connectivity index (χ0n) is 16.0. The molecule has 0 atom stereocenters. The van der Waals surface area contributed by atoms with Gasteiger partial charge in [-0.25, -0.2) is 0 Å². The van der Waals surface area contributed by atoms with E-state index in [2.05, 4.69) is 35.3 Å². The Bertz CT molecular complexity index is 689. The lowest BCUT2D eigenvalue weighted by atomic mass is 9.95. The molecule has 0 spiro atoms. The van der Waals surface area contributed by atoms with E-state index in [1.165, 1.54) is 5.56 Å². The number of carbonyl (C=O) groups excluding carboxylic acids is 1. The summed E-state index contributed by atoms with van der Waals surface area (Å²) in [5.41, 5.74) is 2.34. The molecule has 3 rings (SSSR count). The van der Waals surface area contributed by atoms with Crippen LogP contribution in [0.2, 0.25) is 0 Å². The van der Waals surface area contributed by atoms with Crippen molar-refractivity contribution in [3.63, 3.8) is 0 Å². The maximum atomic E-state index is 12.5. The first-order valence-corrected chi connectivity index (χ1v) is 9.72. The second-order valence-corrected chi connectivity index (χ2v) is 7.28. The first-order chi connectivity index (χ1) is 12.7. The molecular weight excluding hydrogens is 324 g/mol. The summed E-state index contributed by atoms with van der Waals surface area (Å²) >= 11 is 0. The van der Waals surface area contributed by atoms with E-state index in [1.807, 2.05) is 41.0 Å². The lowest BCUT2D eigenvalue weighted by Gasteiger charge is -2.33. The molecule has 0 aliphatic carbocycles. The van der Waals surface area contributed by atoms with Gasteiger partial charge in [0.1, 0.15) is 0 Å². The van der Waals surface area contributed by atoms with Crippen LogP contribution in [0, 0.1) is 5.92 Å². The number of unbranched alkanes of at least 4 members (excludes halogenated alkanes) is 1. The molecule has 2 heterocycles. The quantitative estimate of drug-likeness (QED) is 0.764. The van der Waals surface area contributed by atoms with Crippen molar-refractivity contribution < 1.29 is 4.79 Å². The Morgan fingerprint density at radius 2 is 1.92 bits per heavy atom. The van der Waals surface area contributed by atoms with Crippen LogP contribution in [-0.2, 0) is 11.5 Å². The standard InChI is InChI=1S/C21H30N4O/c1-3-4-12-23(2)21(26)19-10-13-24(14-11-19)17-25-16-20(15-22-25)18-8-6-5-7-9-18/h5-9,15-16,19H,3-4,10-14,17H2,1-2H3. The molecular formula is C21H30N4O. The molecule has 5 heteroatoms. The topological polar surface area (TPSA) is 41.4 Å². The molecule has 1 amide bonds. The third-order valence-electron chi connectivity index (χ3n) is 5.25. The van der Waals surface area contributed by atoms with Crippen molar-refractivity contribution in [2.75, 3.05) is 26.7 Å². The van der Waals surface area contributed by atoms with E-state index in [1.54, 1.807) is 0 Å². The first kappa shape index (κ1) is 18.6. The van der Waals surface area contributed by atoms with Gasteiger partial charge in [0.2, 0.25) is 5.91 Å². The van der Waals surface area contributed by atoms with Crippen LogP contribution in [0.15, 0.2) is 42.7 Å². The molecule has 1 aliphatic rings. The second kappa shape index (κ2) is 8.99. The molecule has 0 saturated carbocycles. The van der Waals surface area contributed by atoms with Gasteiger partial charge in [-0.05, 0) is 24.8 Å². The average Bonchev–Trinajstić information content (AvgIpc) is 3.15. The molecule has 1 aromatic carbocycles. The summed E-state index contributed by atoms with van der Waals surface area (Å²) in [6.07, 6.45) is 8.14. The van der Waals surface area contributed by atoms with Gasteiger partial charge in [-0.2, -0.15) is 5.10 Å². The van der Waals surface area contributed by atoms with Crippen LogP contribution in [0.3, 0.4) is 0 Å². The minimum absolute atomic E-state index is 0.186. The Labute approximate surface area is 156 Å². The second-order valence-electron chi connectivity index (χ2n) is 7.28. The highest BCUT2D eigenvalue weighted by Gasteiger charge is 2.27. The number of hydrogen-bond acceptors (Lipinski definition) is 3. The molecule has 1 aliphatic heterocycles. The fourth-order valence-electron chi connectivity index (χ4n) is 3.56. The van der Waals surface area contributed by atoms with Crippen LogP contribution in [0.1, 0.15) is 32.6 Å². The van der Waals surface area contributed by atoms with Crippen molar-refractivity contribution in [2.24, 2.45) is 5.92 Å². The van der Waals surface area contributed by atoms with Crippen LogP contribution in [0.5, 0.6) is 0 Å². The Morgan fingerprint density at radius 3 is 2.62 bits per heavy atom. The molecule has 0 N–H and O–H groups in total. The van der Waals surface area contributed by atoms with E-state index in [0.29, 0.717) is 5.91 Å². The van der Waals surface area contributed by atoms with Crippen molar-refractivity contribution in [2.45, 2.75) is 39.3 Å². The molecule has 26 heavy (non-hydrogen) atoms. The minimum Gasteiger partial charge on any atom is -0.346 e. The van der Waals surface area contributed by atoms with Gasteiger partial charge < -0.3 is 4.90 Å². The van der Waals surface area contributed by atoms with E-state index in [-0.39, 0.29) is 5.92 Å². The van der Waals surface area contributed by atoms with E-state index < -0.39 is 0 Å². The van der Waals surface area contributed by atoms with Crippen LogP contribution < -0.4 is 0 Å². The van der Waals surface area contributed by atoms with Crippen molar-refractivity contribution in [1.29, 1.82) is 0 Å². The van der Waals surface area contributed by atoms with E-state index in [0.717, 1.165) is 57.5 Å². The highest BCUT2D eigenvalue weighted by molar-refractivity contribution is 5.78. The fraction of sp³-hybridized carbons (Fsp3) is 0.524. The van der Waals surface area contributed by atoms with Gasteiger partial charge in [0.15, 0.2) is 0 Å². The van der Waals surface area contributed by atoms with Crippen LogP contribution in [0.25, 0.3) is 11.1 Å². The van der Waals surface area contributed by atoms with Crippen molar-refractivity contribution in [1.82, 2.24) is 19.6 Å². The maximum absolute atomic E-state index is 12.5. The fourth-order valence-corrected chi connectivity index (χ4v) is 3.56. The number of piperidine rings is 1. The van der Waals surface area contributed by atoms with E-state index in [9.17, 15) is 4.79 Å². The zero-order valence-corrected chi connectivity index (χ0v) is 16.0. The van der Waals surface area contributed by atoms with Gasteiger partial charge >= 0.3 is 0 Å². The summed E-state index contributed by atoms with van der Waals surface area (Å²) in [4.78, 5) is 16.8. The minimum atomic E-state index is 0.186. The number of benzene rings is 1. The van der Waals surface area contributed by atoms with Gasteiger partial charge in [0.25, 0.3) is 0 Å². The normalized spacial score (nSPS) is 15.9. The predicted molar refractivity (Wildman–Crippen MR) is 105 cm³/mol. The highest BCUT2D eigenvalue weighted by atomic mass is 16.2. The Kier molecular flexibility index (Phi) is 6.45. The number of carbonyl (C=O) groups is 1. The van der Waals surface area contributed by atoms with Crippen molar-refractivity contribution in [3.8, 4) is 11.1 Å². The largest absolute Gasteiger partial charge is 0.346 e. The van der Waals surface area contributed by atoms with Crippen LogP contribution in [-0.4, -0.2) is 52.2 Å². The summed E-state index contributed by atoms with van der Waals surface area (Å²) in [6.45, 7) is 5.75. The van der Waals surface area contributed by atoms with Crippen LogP contribution >= 0.6 is 0 Å². The monoisotopic (exact) mass is 354 g/mol. The van der Waals surface area contributed by atoms with Gasteiger partial charge in [0.05, 0.1) is 12.9 Å². The van der Waals surface area contributed by atoms with Crippen molar-refractivity contribution in [3.05, 3.63) is 42.7 Å². The molecule has 0 unspecified atom stereocenters. The molecule has 1 aromatic heterocycles. The number of nitrogens with zero attached hydrogens (tertiary/aromatic N) is 4. The molecule has 1 saturated heterocycles. The van der Waals surface area contributed by atoms with E-state index >= 15 is 0 Å². The third-order valence-corrected chi connectivity index (χ3v) is 5.25. The number of aromatic nitrogens is 2. The summed E-state index contributed by atoms with van der Waals surface area (Å²) in [6, 6.07) is 10.3. The lowest BCUT2D eigenvalue weighted by molar-refractivity contribution is -0.135. The van der Waals surface area contributed by atoms with E-state index in [4.69, 9.17) is 0 Å². The highest BCUT2D eigenvalue weighted by Crippen LogP contribution is 2.21. The Hall–Kier alpha value is -2.14. The SMILES string of the molecule is CCCCN(C)C(=O)C1CCN(Cn2cc(-c3ccccc3)cn2)CC1. The predicted octanol–water partition coefficient (Wildman–Crippen LogP) is 3.48. The zero-order chi connectivity index (χ0) is 18.4. The van der Waals surface area contributed by atoms with Gasteiger partial charge in [0, 0.05) is 44.4 Å². The number of hydrogen-bond donors (Lipinski definition) is 0. The number of rotatable bonds is 7. The molecule has 5 nitrogen and oxygen atoms in total. The third kappa shape index (κ3) is 4.73. The Morgan fingerprint density at radius 1 is 1.19 bits per heavy atom. The maximum Gasteiger partial charge on any atom is 0.225 e. The number of likely N-dealkylation sites (tertiary alicyclic amines) is 1. The summed E-state index contributed by atoms with van der Waals surface area (Å²) in [5.74, 6) is 0.508. The number of amides is 1.